The molecule has 0 unspecified atom stereocenters. The lowest BCUT2D eigenvalue weighted by Gasteiger charge is -2.11. The largest absolute Gasteiger partial charge is 0.373 e. The molecule has 0 aliphatic carbocycles. The van der Waals surface area contributed by atoms with Gasteiger partial charge in [-0.2, -0.15) is 4.98 Å². The van der Waals surface area contributed by atoms with Crippen LogP contribution in [-0.2, 0) is 6.42 Å². The summed E-state index contributed by atoms with van der Waals surface area (Å²) < 4.78 is 0. The number of hydrogen-bond donors (Lipinski definition) is 2. The third-order valence-electron chi connectivity index (χ3n) is 3.24. The van der Waals surface area contributed by atoms with Crippen molar-refractivity contribution < 1.29 is 4.79 Å². The van der Waals surface area contributed by atoms with Crippen LogP contribution in [0.2, 0.25) is 0 Å². The van der Waals surface area contributed by atoms with Gasteiger partial charge in [0, 0.05) is 30.1 Å². The van der Waals surface area contributed by atoms with Crippen molar-refractivity contribution in [2.45, 2.75) is 27.2 Å². The van der Waals surface area contributed by atoms with Gasteiger partial charge in [0.15, 0.2) is 5.78 Å². The van der Waals surface area contributed by atoms with Gasteiger partial charge in [-0.3, -0.25) is 4.79 Å². The first-order valence-corrected chi connectivity index (χ1v) is 6.97. The highest BCUT2D eigenvalue weighted by atomic mass is 16.1. The van der Waals surface area contributed by atoms with E-state index in [0.29, 0.717) is 5.95 Å². The van der Waals surface area contributed by atoms with Gasteiger partial charge in [-0.15, -0.1) is 0 Å². The number of aromatic nitrogens is 2. The lowest BCUT2D eigenvalue weighted by molar-refractivity contribution is 0.101. The van der Waals surface area contributed by atoms with Gasteiger partial charge in [0.1, 0.15) is 5.82 Å². The molecule has 1 aromatic heterocycles. The molecule has 2 aromatic rings. The molecule has 0 spiro atoms. The van der Waals surface area contributed by atoms with Gasteiger partial charge in [-0.25, -0.2) is 4.98 Å². The Hall–Kier alpha value is -2.43. The van der Waals surface area contributed by atoms with E-state index < -0.39 is 0 Å². The summed E-state index contributed by atoms with van der Waals surface area (Å²) in [4.78, 5) is 20.4. The third-order valence-corrected chi connectivity index (χ3v) is 3.24. The summed E-state index contributed by atoms with van der Waals surface area (Å²) >= 11 is 0. The van der Waals surface area contributed by atoms with Gasteiger partial charge in [0.2, 0.25) is 5.95 Å². The Balaban J connectivity index is 2.33. The zero-order valence-corrected chi connectivity index (χ0v) is 12.8. The van der Waals surface area contributed by atoms with Crippen molar-refractivity contribution in [2.24, 2.45) is 0 Å². The molecule has 5 nitrogen and oxygen atoms in total. The molecule has 2 rings (SSSR count). The predicted molar refractivity (Wildman–Crippen MR) is 85.4 cm³/mol. The summed E-state index contributed by atoms with van der Waals surface area (Å²) in [6, 6.07) is 7.63. The van der Waals surface area contributed by atoms with Crippen LogP contribution >= 0.6 is 0 Å². The molecular weight excluding hydrogens is 264 g/mol. The SMILES string of the molecule is CCc1ccc(Nc2nc(C)cc(NC)n2)cc1C(C)=O. The van der Waals surface area contributed by atoms with Crippen LogP contribution in [0.1, 0.15) is 35.5 Å². The summed E-state index contributed by atoms with van der Waals surface area (Å²) in [5.41, 5.74) is 3.47. The predicted octanol–water partition coefficient (Wildman–Crippen LogP) is 3.34. The molecule has 0 saturated heterocycles. The van der Waals surface area contributed by atoms with Gasteiger partial charge >= 0.3 is 0 Å². The molecule has 21 heavy (non-hydrogen) atoms. The molecule has 0 fully saturated rings. The van der Waals surface area contributed by atoms with E-state index in [9.17, 15) is 4.79 Å². The van der Waals surface area contributed by atoms with Crippen LogP contribution in [0.3, 0.4) is 0 Å². The molecule has 0 saturated carbocycles. The number of carbonyl (C=O) groups is 1. The van der Waals surface area contributed by atoms with Crippen LogP contribution in [0.25, 0.3) is 0 Å². The average molecular weight is 284 g/mol. The van der Waals surface area contributed by atoms with Crippen molar-refractivity contribution in [3.63, 3.8) is 0 Å². The fraction of sp³-hybridized carbons (Fsp3) is 0.312. The van der Waals surface area contributed by atoms with Crippen LogP contribution < -0.4 is 10.6 Å². The van der Waals surface area contributed by atoms with Crippen molar-refractivity contribution >= 4 is 23.2 Å². The molecule has 0 bridgehead atoms. The van der Waals surface area contributed by atoms with Crippen molar-refractivity contribution in [2.75, 3.05) is 17.7 Å². The third kappa shape index (κ3) is 3.56. The number of aryl methyl sites for hydroxylation is 2. The molecular formula is C16H20N4O. The molecule has 0 atom stereocenters. The van der Waals surface area contributed by atoms with Crippen LogP contribution in [0, 0.1) is 6.92 Å². The second-order valence-electron chi connectivity index (χ2n) is 4.87. The molecule has 1 aromatic carbocycles. The first-order chi connectivity index (χ1) is 10.0. The zero-order chi connectivity index (χ0) is 15.4. The summed E-state index contributed by atoms with van der Waals surface area (Å²) in [6.45, 7) is 5.53. The molecule has 0 radical (unpaired) electrons. The minimum absolute atomic E-state index is 0.0663. The second kappa shape index (κ2) is 6.35. The molecule has 110 valence electrons. The Morgan fingerprint density at radius 1 is 1.24 bits per heavy atom. The summed E-state index contributed by atoms with van der Waals surface area (Å²) in [5, 5.41) is 6.15. The molecule has 0 aliphatic rings. The van der Waals surface area contributed by atoms with E-state index in [2.05, 4.69) is 20.6 Å². The van der Waals surface area contributed by atoms with Crippen LogP contribution in [0.15, 0.2) is 24.3 Å². The number of Topliss-reactive ketones (excluding diaryl/α,β-unsaturated/α-hetero) is 1. The van der Waals surface area contributed by atoms with E-state index in [1.807, 2.05) is 45.2 Å². The molecule has 0 amide bonds. The lowest BCUT2D eigenvalue weighted by atomic mass is 10.0. The standard InChI is InChI=1S/C16H20N4O/c1-5-12-6-7-13(9-14(12)11(3)21)19-16-18-10(2)8-15(17-4)20-16/h6-9H,5H2,1-4H3,(H2,17,18,19,20). The fourth-order valence-electron chi connectivity index (χ4n) is 2.17. The van der Waals surface area contributed by atoms with Gasteiger partial charge < -0.3 is 10.6 Å². The minimum atomic E-state index is 0.0663. The Morgan fingerprint density at radius 3 is 2.62 bits per heavy atom. The lowest BCUT2D eigenvalue weighted by Crippen LogP contribution is -2.04. The van der Waals surface area contributed by atoms with Crippen molar-refractivity contribution in [3.8, 4) is 0 Å². The summed E-state index contributed by atoms with van der Waals surface area (Å²) in [5.74, 6) is 1.33. The highest BCUT2D eigenvalue weighted by Crippen LogP contribution is 2.20. The Labute approximate surface area is 124 Å². The maximum atomic E-state index is 11.7. The first kappa shape index (κ1) is 15.0. The number of rotatable bonds is 5. The Morgan fingerprint density at radius 2 is 2.00 bits per heavy atom. The number of nitrogens with one attached hydrogen (secondary N) is 2. The maximum absolute atomic E-state index is 11.7. The second-order valence-corrected chi connectivity index (χ2v) is 4.87. The number of carbonyl (C=O) groups excluding carboxylic acids is 1. The summed E-state index contributed by atoms with van der Waals surface area (Å²) in [6.07, 6.45) is 0.833. The van der Waals surface area contributed by atoms with Crippen molar-refractivity contribution in [3.05, 3.63) is 41.1 Å². The summed E-state index contributed by atoms with van der Waals surface area (Å²) in [7, 11) is 1.81. The highest BCUT2D eigenvalue weighted by Gasteiger charge is 2.08. The number of nitrogens with zero attached hydrogens (tertiary/aromatic N) is 2. The quantitative estimate of drug-likeness (QED) is 0.824. The Bertz CT molecular complexity index is 667. The first-order valence-electron chi connectivity index (χ1n) is 6.97. The highest BCUT2D eigenvalue weighted by molar-refractivity contribution is 5.96. The molecule has 1 heterocycles. The smallest absolute Gasteiger partial charge is 0.229 e. The Kier molecular flexibility index (Phi) is 4.52. The van der Waals surface area contributed by atoms with E-state index >= 15 is 0 Å². The number of ketones is 1. The minimum Gasteiger partial charge on any atom is -0.373 e. The zero-order valence-electron chi connectivity index (χ0n) is 12.8. The normalized spacial score (nSPS) is 10.3. The van der Waals surface area contributed by atoms with Gasteiger partial charge in [-0.05, 0) is 38.0 Å². The van der Waals surface area contributed by atoms with Gasteiger partial charge in [0.25, 0.3) is 0 Å². The number of hydrogen-bond acceptors (Lipinski definition) is 5. The fourth-order valence-corrected chi connectivity index (χ4v) is 2.17. The molecule has 0 aliphatic heterocycles. The molecule has 2 N–H and O–H groups in total. The number of benzene rings is 1. The van der Waals surface area contributed by atoms with Gasteiger partial charge in [0.05, 0.1) is 0 Å². The van der Waals surface area contributed by atoms with Crippen molar-refractivity contribution in [1.29, 1.82) is 0 Å². The van der Waals surface area contributed by atoms with E-state index in [4.69, 9.17) is 0 Å². The molecule has 5 heteroatoms. The van der Waals surface area contributed by atoms with Crippen molar-refractivity contribution in [1.82, 2.24) is 9.97 Å². The monoisotopic (exact) mass is 284 g/mol. The topological polar surface area (TPSA) is 66.9 Å². The average Bonchev–Trinajstić information content (AvgIpc) is 2.46. The van der Waals surface area contributed by atoms with E-state index in [1.165, 1.54) is 0 Å². The van der Waals surface area contributed by atoms with Gasteiger partial charge in [-0.1, -0.05) is 13.0 Å². The maximum Gasteiger partial charge on any atom is 0.229 e. The van der Waals surface area contributed by atoms with Crippen LogP contribution in [0.5, 0.6) is 0 Å². The van der Waals surface area contributed by atoms with Crippen LogP contribution in [-0.4, -0.2) is 22.8 Å². The van der Waals surface area contributed by atoms with E-state index in [-0.39, 0.29) is 5.78 Å². The van der Waals surface area contributed by atoms with E-state index in [1.54, 1.807) is 6.92 Å². The van der Waals surface area contributed by atoms with E-state index in [0.717, 1.165) is 34.7 Å². The number of anilines is 3. The van der Waals surface area contributed by atoms with Crippen LogP contribution in [0.4, 0.5) is 17.5 Å².